The lowest BCUT2D eigenvalue weighted by atomic mass is 10.1. The molecule has 0 radical (unpaired) electrons. The fraction of sp³-hybridized carbons (Fsp3) is 0.0588. The van der Waals surface area contributed by atoms with Crippen molar-refractivity contribution in [1.29, 1.82) is 5.26 Å². The predicted molar refractivity (Wildman–Crippen MR) is 80.0 cm³/mol. The highest BCUT2D eigenvalue weighted by Crippen LogP contribution is 2.17. The molecule has 2 rings (SSSR count). The highest BCUT2D eigenvalue weighted by Gasteiger charge is 2.04. The molecule has 0 aliphatic carbocycles. The second kappa shape index (κ2) is 7.04. The molecule has 5 heteroatoms. The van der Waals surface area contributed by atoms with Crippen LogP contribution in [0.25, 0.3) is 6.08 Å². The molecule has 0 aromatic heterocycles. The molecule has 0 atom stereocenters. The minimum atomic E-state index is -0.776. The molecular weight excluding hydrogens is 283 g/mol. The molecule has 4 nitrogen and oxygen atoms in total. The normalized spacial score (nSPS) is 10.8. The van der Waals surface area contributed by atoms with Crippen LogP contribution in [-0.2, 0) is 11.4 Å². The number of halogens is 1. The maximum atomic E-state index is 13.5. The molecular formula is C17H13FN2O2. The maximum absolute atomic E-state index is 13.5. The van der Waals surface area contributed by atoms with Crippen molar-refractivity contribution in [2.24, 2.45) is 5.73 Å². The first-order valence-corrected chi connectivity index (χ1v) is 6.48. The first-order valence-electron chi connectivity index (χ1n) is 6.48. The van der Waals surface area contributed by atoms with Crippen LogP contribution in [0, 0.1) is 17.1 Å². The molecule has 0 heterocycles. The zero-order chi connectivity index (χ0) is 15.9. The van der Waals surface area contributed by atoms with E-state index in [0.717, 1.165) is 0 Å². The summed E-state index contributed by atoms with van der Waals surface area (Å²) < 4.78 is 18.9. The van der Waals surface area contributed by atoms with E-state index in [1.165, 1.54) is 12.1 Å². The van der Waals surface area contributed by atoms with Crippen LogP contribution in [0.1, 0.15) is 11.1 Å². The number of nitriles is 1. The summed E-state index contributed by atoms with van der Waals surface area (Å²) in [5, 5.41) is 8.77. The summed E-state index contributed by atoms with van der Waals surface area (Å²) in [4.78, 5) is 11.0. The molecule has 0 aliphatic rings. The van der Waals surface area contributed by atoms with Gasteiger partial charge in [-0.15, -0.1) is 0 Å². The monoisotopic (exact) mass is 296 g/mol. The molecule has 22 heavy (non-hydrogen) atoms. The van der Waals surface area contributed by atoms with Crippen molar-refractivity contribution in [2.45, 2.75) is 6.61 Å². The zero-order valence-corrected chi connectivity index (χ0v) is 11.6. The number of hydrogen-bond acceptors (Lipinski definition) is 3. The van der Waals surface area contributed by atoms with E-state index in [2.05, 4.69) is 0 Å². The van der Waals surface area contributed by atoms with Crippen molar-refractivity contribution >= 4 is 12.0 Å². The molecule has 2 N–H and O–H groups in total. The standard InChI is InChI=1S/C17H13FN2O2/c18-16-4-2-1-3-13(16)11-22-15-7-5-12(6-8-15)9-14(10-19)17(20)21/h1-9H,11H2,(H2,20,21)/b14-9-. The summed E-state index contributed by atoms with van der Waals surface area (Å²) in [7, 11) is 0. The van der Waals surface area contributed by atoms with E-state index in [1.807, 2.05) is 0 Å². The van der Waals surface area contributed by atoms with Gasteiger partial charge in [-0.2, -0.15) is 5.26 Å². The topological polar surface area (TPSA) is 76.1 Å². The lowest BCUT2D eigenvalue weighted by Crippen LogP contribution is -2.12. The van der Waals surface area contributed by atoms with Gasteiger partial charge in [0.25, 0.3) is 5.91 Å². The number of benzene rings is 2. The van der Waals surface area contributed by atoms with E-state index >= 15 is 0 Å². The smallest absolute Gasteiger partial charge is 0.259 e. The molecule has 2 aromatic rings. The zero-order valence-electron chi connectivity index (χ0n) is 11.6. The van der Waals surface area contributed by atoms with E-state index in [0.29, 0.717) is 16.9 Å². The van der Waals surface area contributed by atoms with Gasteiger partial charge in [0.05, 0.1) is 0 Å². The van der Waals surface area contributed by atoms with Gasteiger partial charge in [0, 0.05) is 5.56 Å². The van der Waals surface area contributed by atoms with Crippen LogP contribution in [-0.4, -0.2) is 5.91 Å². The van der Waals surface area contributed by atoms with Crippen molar-refractivity contribution in [2.75, 3.05) is 0 Å². The molecule has 110 valence electrons. The Labute approximate surface area is 127 Å². The lowest BCUT2D eigenvalue weighted by molar-refractivity contribution is -0.114. The van der Waals surface area contributed by atoms with E-state index in [1.54, 1.807) is 48.5 Å². The van der Waals surface area contributed by atoms with Gasteiger partial charge in [0.1, 0.15) is 29.8 Å². The van der Waals surface area contributed by atoms with Crippen molar-refractivity contribution < 1.29 is 13.9 Å². The van der Waals surface area contributed by atoms with E-state index in [-0.39, 0.29) is 18.0 Å². The molecule has 0 saturated heterocycles. The van der Waals surface area contributed by atoms with Crippen molar-refractivity contribution in [3.8, 4) is 11.8 Å². The van der Waals surface area contributed by atoms with Crippen LogP contribution < -0.4 is 10.5 Å². The summed E-state index contributed by atoms with van der Waals surface area (Å²) in [6.45, 7) is 0.118. The maximum Gasteiger partial charge on any atom is 0.259 e. The molecule has 2 aromatic carbocycles. The summed E-state index contributed by atoms with van der Waals surface area (Å²) in [5.74, 6) is -0.539. The molecule has 0 bridgehead atoms. The predicted octanol–water partition coefficient (Wildman–Crippen LogP) is 2.80. The number of ether oxygens (including phenoxy) is 1. The first-order chi connectivity index (χ1) is 10.6. The van der Waals surface area contributed by atoms with E-state index in [4.69, 9.17) is 15.7 Å². The second-order valence-corrected chi connectivity index (χ2v) is 4.48. The quantitative estimate of drug-likeness (QED) is 0.681. The van der Waals surface area contributed by atoms with Gasteiger partial charge >= 0.3 is 0 Å². The van der Waals surface area contributed by atoms with Crippen LogP contribution >= 0.6 is 0 Å². The SMILES string of the molecule is N#C/C(=C/c1ccc(OCc2ccccc2F)cc1)C(N)=O. The minimum Gasteiger partial charge on any atom is -0.489 e. The van der Waals surface area contributed by atoms with Crippen molar-refractivity contribution in [3.63, 3.8) is 0 Å². The third kappa shape index (κ3) is 3.93. The van der Waals surface area contributed by atoms with Gasteiger partial charge in [0.2, 0.25) is 0 Å². The molecule has 0 saturated carbocycles. The Hall–Kier alpha value is -3.13. The average molecular weight is 296 g/mol. The van der Waals surface area contributed by atoms with Gasteiger partial charge in [-0.1, -0.05) is 30.3 Å². The number of amides is 1. The Morgan fingerprint density at radius 3 is 2.50 bits per heavy atom. The molecule has 0 spiro atoms. The van der Waals surface area contributed by atoms with Crippen LogP contribution in [0.15, 0.2) is 54.1 Å². The third-order valence-corrected chi connectivity index (χ3v) is 2.93. The Kier molecular flexibility index (Phi) is 4.89. The van der Waals surface area contributed by atoms with Crippen molar-refractivity contribution in [1.82, 2.24) is 0 Å². The molecule has 0 aliphatic heterocycles. The first kappa shape index (κ1) is 15.3. The van der Waals surface area contributed by atoms with Gasteiger partial charge < -0.3 is 10.5 Å². The largest absolute Gasteiger partial charge is 0.489 e. The fourth-order valence-corrected chi connectivity index (χ4v) is 1.76. The summed E-state index contributed by atoms with van der Waals surface area (Å²) in [5.41, 5.74) is 6.05. The highest BCUT2D eigenvalue weighted by atomic mass is 19.1. The Bertz CT molecular complexity index is 746. The van der Waals surface area contributed by atoms with Gasteiger partial charge in [0.15, 0.2) is 0 Å². The summed E-state index contributed by atoms with van der Waals surface area (Å²) in [6.07, 6.45) is 1.39. The summed E-state index contributed by atoms with van der Waals surface area (Å²) >= 11 is 0. The number of rotatable bonds is 5. The van der Waals surface area contributed by atoms with E-state index < -0.39 is 5.91 Å². The van der Waals surface area contributed by atoms with Crippen LogP contribution in [0.2, 0.25) is 0 Å². The summed E-state index contributed by atoms with van der Waals surface area (Å²) in [6, 6.07) is 14.8. The van der Waals surface area contributed by atoms with Crippen LogP contribution in [0.3, 0.4) is 0 Å². The van der Waals surface area contributed by atoms with Crippen molar-refractivity contribution in [3.05, 3.63) is 71.0 Å². The second-order valence-electron chi connectivity index (χ2n) is 4.48. The Morgan fingerprint density at radius 2 is 1.91 bits per heavy atom. The van der Waals surface area contributed by atoms with Gasteiger partial charge in [-0.3, -0.25) is 4.79 Å². The average Bonchev–Trinajstić information content (AvgIpc) is 2.52. The fourth-order valence-electron chi connectivity index (χ4n) is 1.76. The number of carbonyl (C=O) groups excluding carboxylic acids is 1. The third-order valence-electron chi connectivity index (χ3n) is 2.93. The number of primary amides is 1. The van der Waals surface area contributed by atoms with Gasteiger partial charge in [-0.25, -0.2) is 4.39 Å². The van der Waals surface area contributed by atoms with Crippen LogP contribution in [0.4, 0.5) is 4.39 Å². The number of hydrogen-bond donors (Lipinski definition) is 1. The van der Waals surface area contributed by atoms with Crippen LogP contribution in [0.5, 0.6) is 5.75 Å². The lowest BCUT2D eigenvalue weighted by Gasteiger charge is -2.07. The van der Waals surface area contributed by atoms with E-state index in [9.17, 15) is 9.18 Å². The molecule has 1 amide bonds. The molecule has 0 fully saturated rings. The highest BCUT2D eigenvalue weighted by molar-refractivity contribution is 6.00. The minimum absolute atomic E-state index is 0.118. The Morgan fingerprint density at radius 1 is 1.23 bits per heavy atom. The molecule has 0 unspecified atom stereocenters. The number of carbonyl (C=O) groups is 1. The Balaban J connectivity index is 2.05. The number of nitrogens with zero attached hydrogens (tertiary/aromatic N) is 1. The number of nitrogens with two attached hydrogens (primary N) is 1. The van der Waals surface area contributed by atoms with Gasteiger partial charge in [-0.05, 0) is 29.8 Å².